The van der Waals surface area contributed by atoms with Gasteiger partial charge in [0, 0.05) is 12.6 Å². The van der Waals surface area contributed by atoms with Crippen molar-refractivity contribution >= 4 is 5.91 Å². The highest BCUT2D eigenvalue weighted by molar-refractivity contribution is 5.81. The van der Waals surface area contributed by atoms with Crippen molar-refractivity contribution in [3.8, 4) is 0 Å². The van der Waals surface area contributed by atoms with Gasteiger partial charge in [0.1, 0.15) is 0 Å². The summed E-state index contributed by atoms with van der Waals surface area (Å²) in [6.07, 6.45) is 2.72. The Hall–Kier alpha value is -0.830. The Morgan fingerprint density at radius 3 is 2.40 bits per heavy atom. The smallest absolute Gasteiger partial charge is 0.237 e. The molecule has 88 valence electrons. The topological polar surface area (TPSA) is 41.1 Å². The van der Waals surface area contributed by atoms with Gasteiger partial charge in [-0.2, -0.15) is 0 Å². The minimum atomic E-state index is -0.141. The van der Waals surface area contributed by atoms with E-state index in [2.05, 4.69) is 38.0 Å². The van der Waals surface area contributed by atoms with E-state index in [0.29, 0.717) is 18.5 Å². The van der Waals surface area contributed by atoms with Gasteiger partial charge in [0.15, 0.2) is 0 Å². The molecule has 15 heavy (non-hydrogen) atoms. The normalized spacial score (nSPS) is 14.7. The molecule has 0 heterocycles. The number of carbonyl (C=O) groups is 1. The average Bonchev–Trinajstić information content (AvgIpc) is 2.21. The SMILES string of the molecule is C=CCNC(=O)C(C)NC(CC)C(C)C. The summed E-state index contributed by atoms with van der Waals surface area (Å²) in [6, 6.07) is 0.256. The van der Waals surface area contributed by atoms with Gasteiger partial charge >= 0.3 is 0 Å². The molecule has 0 spiro atoms. The monoisotopic (exact) mass is 212 g/mol. The second-order valence-corrected chi connectivity index (χ2v) is 4.18. The van der Waals surface area contributed by atoms with Crippen LogP contribution in [0.2, 0.25) is 0 Å². The highest BCUT2D eigenvalue weighted by Crippen LogP contribution is 2.06. The zero-order valence-electron chi connectivity index (χ0n) is 10.3. The molecule has 0 bridgehead atoms. The number of carbonyl (C=O) groups excluding carboxylic acids is 1. The van der Waals surface area contributed by atoms with E-state index in [1.807, 2.05) is 6.92 Å². The Bertz CT molecular complexity index is 202. The summed E-state index contributed by atoms with van der Waals surface area (Å²) in [7, 11) is 0. The van der Waals surface area contributed by atoms with E-state index in [9.17, 15) is 4.79 Å². The number of amides is 1. The van der Waals surface area contributed by atoms with Crippen LogP contribution >= 0.6 is 0 Å². The molecule has 0 aliphatic carbocycles. The highest BCUT2D eigenvalue weighted by Gasteiger charge is 2.18. The molecule has 0 aliphatic rings. The Morgan fingerprint density at radius 1 is 1.40 bits per heavy atom. The Morgan fingerprint density at radius 2 is 2.00 bits per heavy atom. The van der Waals surface area contributed by atoms with E-state index in [1.54, 1.807) is 6.08 Å². The molecular formula is C12H24N2O. The third-order valence-corrected chi connectivity index (χ3v) is 2.52. The van der Waals surface area contributed by atoms with Gasteiger partial charge in [-0.25, -0.2) is 0 Å². The fraction of sp³-hybridized carbons (Fsp3) is 0.750. The van der Waals surface area contributed by atoms with E-state index in [1.165, 1.54) is 0 Å². The molecule has 3 heteroatoms. The lowest BCUT2D eigenvalue weighted by Gasteiger charge is -2.24. The largest absolute Gasteiger partial charge is 0.351 e. The molecule has 0 aromatic rings. The first kappa shape index (κ1) is 14.2. The summed E-state index contributed by atoms with van der Waals surface area (Å²) in [4.78, 5) is 11.6. The summed E-state index contributed by atoms with van der Waals surface area (Å²) in [5, 5.41) is 6.11. The Labute approximate surface area is 93.3 Å². The summed E-state index contributed by atoms with van der Waals surface area (Å²) in [5.74, 6) is 0.582. The van der Waals surface area contributed by atoms with Gasteiger partial charge in [0.05, 0.1) is 6.04 Å². The molecule has 0 radical (unpaired) electrons. The molecule has 0 aromatic heterocycles. The number of hydrogen-bond donors (Lipinski definition) is 2. The third-order valence-electron chi connectivity index (χ3n) is 2.52. The van der Waals surface area contributed by atoms with E-state index in [0.717, 1.165) is 6.42 Å². The van der Waals surface area contributed by atoms with Crippen LogP contribution in [0, 0.1) is 5.92 Å². The van der Waals surface area contributed by atoms with Crippen LogP contribution in [0.15, 0.2) is 12.7 Å². The van der Waals surface area contributed by atoms with Crippen LogP contribution in [0.3, 0.4) is 0 Å². The first-order chi connectivity index (χ1) is 7.02. The average molecular weight is 212 g/mol. The lowest BCUT2D eigenvalue weighted by molar-refractivity contribution is -0.122. The van der Waals surface area contributed by atoms with Gasteiger partial charge in [-0.3, -0.25) is 4.79 Å². The van der Waals surface area contributed by atoms with E-state index in [-0.39, 0.29) is 11.9 Å². The van der Waals surface area contributed by atoms with Crippen LogP contribution in [0.25, 0.3) is 0 Å². The quantitative estimate of drug-likeness (QED) is 0.631. The van der Waals surface area contributed by atoms with Crippen molar-refractivity contribution in [1.82, 2.24) is 10.6 Å². The molecule has 0 saturated heterocycles. The van der Waals surface area contributed by atoms with Crippen molar-refractivity contribution in [2.45, 2.75) is 46.2 Å². The van der Waals surface area contributed by atoms with Crippen LogP contribution < -0.4 is 10.6 Å². The van der Waals surface area contributed by atoms with Gasteiger partial charge in [-0.15, -0.1) is 6.58 Å². The zero-order valence-corrected chi connectivity index (χ0v) is 10.3. The predicted octanol–water partition coefficient (Wildman–Crippen LogP) is 1.70. The summed E-state index contributed by atoms with van der Waals surface area (Å²) >= 11 is 0. The van der Waals surface area contributed by atoms with Crippen molar-refractivity contribution < 1.29 is 4.79 Å². The second-order valence-electron chi connectivity index (χ2n) is 4.18. The minimum absolute atomic E-state index is 0.0361. The maximum atomic E-state index is 11.6. The van der Waals surface area contributed by atoms with Crippen molar-refractivity contribution in [3.05, 3.63) is 12.7 Å². The molecule has 2 atom stereocenters. The maximum Gasteiger partial charge on any atom is 0.237 e. The molecule has 1 amide bonds. The van der Waals surface area contributed by atoms with Crippen LogP contribution in [0.1, 0.15) is 34.1 Å². The summed E-state index contributed by atoms with van der Waals surface area (Å²) < 4.78 is 0. The molecule has 2 N–H and O–H groups in total. The summed E-state index contributed by atoms with van der Waals surface area (Å²) in [6.45, 7) is 12.4. The highest BCUT2D eigenvalue weighted by atomic mass is 16.2. The van der Waals surface area contributed by atoms with Crippen molar-refractivity contribution in [2.75, 3.05) is 6.54 Å². The molecule has 0 aliphatic heterocycles. The predicted molar refractivity (Wildman–Crippen MR) is 64.7 cm³/mol. The van der Waals surface area contributed by atoms with Gasteiger partial charge in [-0.1, -0.05) is 26.8 Å². The van der Waals surface area contributed by atoms with Gasteiger partial charge in [0.25, 0.3) is 0 Å². The molecule has 0 saturated carbocycles. The number of hydrogen-bond acceptors (Lipinski definition) is 2. The minimum Gasteiger partial charge on any atom is -0.351 e. The summed E-state index contributed by atoms with van der Waals surface area (Å²) in [5.41, 5.74) is 0. The second kappa shape index (κ2) is 7.46. The van der Waals surface area contributed by atoms with Crippen molar-refractivity contribution in [1.29, 1.82) is 0 Å². The number of rotatable bonds is 7. The van der Waals surface area contributed by atoms with Crippen LogP contribution in [-0.2, 0) is 4.79 Å². The number of nitrogens with one attached hydrogen (secondary N) is 2. The maximum absolute atomic E-state index is 11.6. The van der Waals surface area contributed by atoms with Crippen molar-refractivity contribution in [2.24, 2.45) is 5.92 Å². The molecule has 3 nitrogen and oxygen atoms in total. The standard InChI is InChI=1S/C12H24N2O/c1-6-8-13-12(15)10(5)14-11(7-2)9(3)4/h6,9-11,14H,1,7-8H2,2-5H3,(H,13,15). The fourth-order valence-electron chi connectivity index (χ4n) is 1.50. The van der Waals surface area contributed by atoms with Gasteiger partial charge < -0.3 is 10.6 Å². The van der Waals surface area contributed by atoms with E-state index >= 15 is 0 Å². The molecular weight excluding hydrogens is 188 g/mol. The Balaban J connectivity index is 4.03. The fourth-order valence-corrected chi connectivity index (χ4v) is 1.50. The zero-order chi connectivity index (χ0) is 11.8. The van der Waals surface area contributed by atoms with Gasteiger partial charge in [-0.05, 0) is 19.3 Å². The van der Waals surface area contributed by atoms with Crippen LogP contribution in [-0.4, -0.2) is 24.5 Å². The van der Waals surface area contributed by atoms with E-state index < -0.39 is 0 Å². The van der Waals surface area contributed by atoms with Crippen LogP contribution in [0.4, 0.5) is 0 Å². The Kier molecular flexibility index (Phi) is 7.05. The van der Waals surface area contributed by atoms with Crippen molar-refractivity contribution in [3.63, 3.8) is 0 Å². The third kappa shape index (κ3) is 5.57. The molecule has 0 aromatic carbocycles. The lowest BCUT2D eigenvalue weighted by Crippen LogP contribution is -2.48. The molecule has 0 rings (SSSR count). The van der Waals surface area contributed by atoms with E-state index in [4.69, 9.17) is 0 Å². The first-order valence-electron chi connectivity index (χ1n) is 5.67. The van der Waals surface area contributed by atoms with Gasteiger partial charge in [0.2, 0.25) is 5.91 Å². The first-order valence-corrected chi connectivity index (χ1v) is 5.67. The van der Waals surface area contributed by atoms with Crippen LogP contribution in [0.5, 0.6) is 0 Å². The lowest BCUT2D eigenvalue weighted by atomic mass is 10.0. The molecule has 0 fully saturated rings. The molecule has 2 unspecified atom stereocenters.